The van der Waals surface area contributed by atoms with Crippen LogP contribution in [0.1, 0.15) is 24.0 Å². The lowest BCUT2D eigenvalue weighted by Gasteiger charge is -2.33. The molecule has 3 heterocycles. The molecule has 22 heavy (non-hydrogen) atoms. The molecule has 0 unspecified atom stereocenters. The van der Waals surface area contributed by atoms with E-state index in [9.17, 15) is 0 Å². The molecule has 1 atom stereocenters. The Balaban J connectivity index is 1.57. The largest absolute Gasteiger partial charge is 0.366 e. The molecule has 1 aliphatic rings. The predicted octanol–water partition coefficient (Wildman–Crippen LogP) is 2.42. The molecule has 0 aliphatic carbocycles. The number of hydrogen-bond donors (Lipinski definition) is 1. The van der Waals surface area contributed by atoms with Gasteiger partial charge in [-0.1, -0.05) is 6.07 Å². The van der Waals surface area contributed by atoms with Gasteiger partial charge < -0.3 is 5.32 Å². The van der Waals surface area contributed by atoms with Crippen molar-refractivity contribution in [3.05, 3.63) is 54.0 Å². The quantitative estimate of drug-likeness (QED) is 0.938. The number of hydrogen-bond acceptors (Lipinski definition) is 5. The Hall–Kier alpha value is -2.45. The summed E-state index contributed by atoms with van der Waals surface area (Å²) in [5, 5.41) is 12.3. The summed E-state index contributed by atoms with van der Waals surface area (Å²) < 4.78 is 0. The zero-order valence-electron chi connectivity index (χ0n) is 12.4. The van der Waals surface area contributed by atoms with E-state index in [0.717, 1.165) is 31.9 Å². The van der Waals surface area contributed by atoms with Crippen LogP contribution in [0.25, 0.3) is 0 Å². The molecule has 1 aliphatic heterocycles. The van der Waals surface area contributed by atoms with E-state index >= 15 is 0 Å². The number of rotatable bonds is 4. The first kappa shape index (κ1) is 14.5. The topological polar surface area (TPSA) is 64.8 Å². The smallest absolute Gasteiger partial charge is 0.126 e. The molecule has 1 saturated heterocycles. The van der Waals surface area contributed by atoms with Crippen LogP contribution in [0.5, 0.6) is 0 Å². The summed E-state index contributed by atoms with van der Waals surface area (Å²) in [6.07, 6.45) is 7.66. The second kappa shape index (κ2) is 7.01. The number of pyridine rings is 2. The van der Waals surface area contributed by atoms with Crippen LogP contribution in [-0.4, -0.2) is 34.0 Å². The van der Waals surface area contributed by atoms with Gasteiger partial charge in [-0.2, -0.15) is 5.26 Å². The summed E-state index contributed by atoms with van der Waals surface area (Å²) in [7, 11) is 0. The highest BCUT2D eigenvalue weighted by molar-refractivity contribution is 5.39. The van der Waals surface area contributed by atoms with E-state index in [0.29, 0.717) is 11.6 Å². The third-order valence-electron chi connectivity index (χ3n) is 3.88. The van der Waals surface area contributed by atoms with E-state index in [1.165, 1.54) is 12.0 Å². The molecule has 5 nitrogen and oxygen atoms in total. The van der Waals surface area contributed by atoms with Crippen LogP contribution in [0.15, 0.2) is 42.9 Å². The highest BCUT2D eigenvalue weighted by Gasteiger charge is 2.20. The molecule has 112 valence electrons. The standard InChI is InChI=1S/C17H19N5/c18-9-14-5-6-17(20-11-14)21-16-4-2-8-22(13-16)12-15-3-1-7-19-10-15/h1,3,5-7,10-11,16H,2,4,8,12-13H2,(H,20,21)/t16-/m1/s1. The Labute approximate surface area is 130 Å². The molecule has 2 aromatic heterocycles. The van der Waals surface area contributed by atoms with Crippen LogP contribution in [0.2, 0.25) is 0 Å². The first-order valence-corrected chi connectivity index (χ1v) is 7.57. The summed E-state index contributed by atoms with van der Waals surface area (Å²) in [6, 6.07) is 10.3. The fourth-order valence-electron chi connectivity index (χ4n) is 2.82. The van der Waals surface area contributed by atoms with Crippen LogP contribution in [0, 0.1) is 11.3 Å². The minimum absolute atomic E-state index is 0.394. The van der Waals surface area contributed by atoms with Crippen molar-refractivity contribution in [2.75, 3.05) is 18.4 Å². The molecule has 3 rings (SSSR count). The van der Waals surface area contributed by atoms with Crippen molar-refractivity contribution in [3.8, 4) is 6.07 Å². The van der Waals surface area contributed by atoms with Gasteiger partial charge in [-0.25, -0.2) is 4.98 Å². The van der Waals surface area contributed by atoms with E-state index in [4.69, 9.17) is 5.26 Å². The number of nitriles is 1. The van der Waals surface area contributed by atoms with Crippen LogP contribution < -0.4 is 5.32 Å². The Morgan fingerprint density at radius 2 is 2.27 bits per heavy atom. The van der Waals surface area contributed by atoms with E-state index < -0.39 is 0 Å². The second-order valence-electron chi connectivity index (χ2n) is 5.62. The van der Waals surface area contributed by atoms with E-state index in [1.54, 1.807) is 18.5 Å². The van der Waals surface area contributed by atoms with Crippen LogP contribution in [-0.2, 0) is 6.54 Å². The van der Waals surface area contributed by atoms with E-state index in [-0.39, 0.29) is 0 Å². The molecule has 1 N–H and O–H groups in total. The van der Waals surface area contributed by atoms with Crippen molar-refractivity contribution >= 4 is 5.82 Å². The van der Waals surface area contributed by atoms with Crippen molar-refractivity contribution in [2.45, 2.75) is 25.4 Å². The van der Waals surface area contributed by atoms with Gasteiger partial charge in [-0.3, -0.25) is 9.88 Å². The molecular weight excluding hydrogens is 274 g/mol. The van der Waals surface area contributed by atoms with Gasteiger partial charge in [-0.05, 0) is 43.1 Å². The molecule has 1 fully saturated rings. The lowest BCUT2D eigenvalue weighted by atomic mass is 10.0. The van der Waals surface area contributed by atoms with Crippen molar-refractivity contribution in [3.63, 3.8) is 0 Å². The molecule has 5 heteroatoms. The van der Waals surface area contributed by atoms with Crippen LogP contribution >= 0.6 is 0 Å². The average molecular weight is 293 g/mol. The summed E-state index contributed by atoms with van der Waals surface area (Å²) in [6.45, 7) is 3.05. The molecule has 0 aromatic carbocycles. The monoisotopic (exact) mass is 293 g/mol. The zero-order chi connectivity index (χ0) is 15.2. The summed E-state index contributed by atoms with van der Waals surface area (Å²) in [4.78, 5) is 10.9. The SMILES string of the molecule is N#Cc1ccc(N[C@@H]2CCCN(Cc3cccnc3)C2)nc1. The summed E-state index contributed by atoms with van der Waals surface area (Å²) in [5.74, 6) is 0.840. The number of nitrogens with one attached hydrogen (secondary N) is 1. The molecule has 0 bridgehead atoms. The predicted molar refractivity (Wildman–Crippen MR) is 85.1 cm³/mol. The highest BCUT2D eigenvalue weighted by Crippen LogP contribution is 2.16. The molecule has 0 amide bonds. The maximum atomic E-state index is 8.80. The first-order chi connectivity index (χ1) is 10.8. The summed E-state index contributed by atoms with van der Waals surface area (Å²) >= 11 is 0. The van der Waals surface area contributed by atoms with Gasteiger partial charge in [0, 0.05) is 37.7 Å². The molecular formula is C17H19N5. The molecule has 0 radical (unpaired) electrons. The van der Waals surface area contributed by atoms with E-state index in [2.05, 4.69) is 32.3 Å². The summed E-state index contributed by atoms with van der Waals surface area (Å²) in [5.41, 5.74) is 1.84. The average Bonchev–Trinajstić information content (AvgIpc) is 2.57. The Morgan fingerprint density at radius 1 is 1.32 bits per heavy atom. The molecule has 2 aromatic rings. The van der Waals surface area contributed by atoms with Gasteiger partial charge in [0.05, 0.1) is 5.56 Å². The van der Waals surface area contributed by atoms with Crippen molar-refractivity contribution in [1.82, 2.24) is 14.9 Å². The maximum Gasteiger partial charge on any atom is 0.126 e. The lowest BCUT2D eigenvalue weighted by Crippen LogP contribution is -2.41. The third kappa shape index (κ3) is 3.80. The number of nitrogens with zero attached hydrogens (tertiary/aromatic N) is 4. The first-order valence-electron chi connectivity index (χ1n) is 7.57. The minimum Gasteiger partial charge on any atom is -0.366 e. The van der Waals surface area contributed by atoms with Gasteiger partial charge in [-0.15, -0.1) is 0 Å². The van der Waals surface area contributed by atoms with Gasteiger partial charge in [0.15, 0.2) is 0 Å². The lowest BCUT2D eigenvalue weighted by molar-refractivity contribution is 0.208. The van der Waals surface area contributed by atoms with Gasteiger partial charge in [0.25, 0.3) is 0 Å². The number of piperidine rings is 1. The number of anilines is 1. The normalized spacial score (nSPS) is 18.6. The van der Waals surface area contributed by atoms with Gasteiger partial charge in [0.1, 0.15) is 11.9 Å². The van der Waals surface area contributed by atoms with Crippen LogP contribution in [0.3, 0.4) is 0 Å². The van der Waals surface area contributed by atoms with Gasteiger partial charge in [0.2, 0.25) is 0 Å². The van der Waals surface area contributed by atoms with Crippen molar-refractivity contribution in [1.29, 1.82) is 5.26 Å². The molecule has 0 saturated carbocycles. The number of aromatic nitrogens is 2. The number of likely N-dealkylation sites (tertiary alicyclic amines) is 1. The van der Waals surface area contributed by atoms with Crippen molar-refractivity contribution < 1.29 is 0 Å². The Morgan fingerprint density at radius 3 is 3.00 bits per heavy atom. The fourth-order valence-corrected chi connectivity index (χ4v) is 2.82. The fraction of sp³-hybridized carbons (Fsp3) is 0.353. The zero-order valence-corrected chi connectivity index (χ0v) is 12.4. The van der Waals surface area contributed by atoms with Crippen molar-refractivity contribution in [2.24, 2.45) is 0 Å². The van der Waals surface area contributed by atoms with Gasteiger partial charge >= 0.3 is 0 Å². The van der Waals surface area contributed by atoms with Crippen LogP contribution in [0.4, 0.5) is 5.82 Å². The third-order valence-corrected chi connectivity index (χ3v) is 3.88. The minimum atomic E-state index is 0.394. The highest BCUT2D eigenvalue weighted by atomic mass is 15.2. The maximum absolute atomic E-state index is 8.80. The Bertz CT molecular complexity index is 632. The molecule has 0 spiro atoms. The Kier molecular flexibility index (Phi) is 4.62. The van der Waals surface area contributed by atoms with E-state index in [1.807, 2.05) is 18.3 Å². The second-order valence-corrected chi connectivity index (χ2v) is 5.62.